The van der Waals surface area contributed by atoms with Crippen LogP contribution in [0.15, 0.2) is 6.07 Å². The summed E-state index contributed by atoms with van der Waals surface area (Å²) in [5.41, 5.74) is 5.33. The number of phenols is 1. The molecule has 218 valence electrons. The first kappa shape index (κ1) is 28.2. The molecule has 0 radical (unpaired) electrons. The first-order valence-electron chi connectivity index (χ1n) is 14.2. The van der Waals surface area contributed by atoms with Crippen molar-refractivity contribution in [3.8, 4) is 11.5 Å². The lowest BCUT2D eigenvalue weighted by molar-refractivity contribution is -0.238. The van der Waals surface area contributed by atoms with E-state index in [1.165, 1.54) is 17.9 Å². The van der Waals surface area contributed by atoms with Crippen molar-refractivity contribution in [2.75, 3.05) is 0 Å². The molecule has 10 heteroatoms. The fraction of sp³-hybridized carbons (Fsp3) is 0.667. The number of carbonyl (C=O) groups is 4. The van der Waals surface area contributed by atoms with Crippen LogP contribution in [-0.2, 0) is 32.1 Å². The van der Waals surface area contributed by atoms with Gasteiger partial charge < -0.3 is 30.3 Å². The maximum Gasteiger partial charge on any atom is 0.326 e. The molecular formula is C30H40N2O8. The topological polar surface area (TPSA) is 156 Å². The zero-order valence-electron chi connectivity index (χ0n) is 23.9. The Hall–Kier alpha value is -3.30. The van der Waals surface area contributed by atoms with Gasteiger partial charge in [-0.15, -0.1) is 0 Å². The number of nitrogens with zero attached hydrogens (tertiary/aromatic N) is 1. The van der Waals surface area contributed by atoms with E-state index in [1.807, 2.05) is 0 Å². The van der Waals surface area contributed by atoms with E-state index in [9.17, 15) is 29.4 Å². The van der Waals surface area contributed by atoms with Gasteiger partial charge in [-0.2, -0.15) is 0 Å². The average molecular weight is 557 g/mol. The van der Waals surface area contributed by atoms with Crippen LogP contribution in [0.5, 0.6) is 11.5 Å². The fourth-order valence-electron chi connectivity index (χ4n) is 8.39. The van der Waals surface area contributed by atoms with E-state index in [4.69, 9.17) is 15.2 Å². The standard InChI is InChI=1S/C30H40N2O8/c1-15-6-8-22-28(3,4)23(39-16(2)33)10-11-30(22)29(15,5)13-18-21(34)12-17-19(25(18)40-30)14-32(26(17)36)20(27(37)38)7-9-24(31)35/h12,15,20,22-23,34H,6-11,13-14H2,1-5H3,(H2,31,35)(H,37,38)/t15-,20?,22-,23+,29+,30-/m0/s1. The van der Waals surface area contributed by atoms with Gasteiger partial charge in [0.15, 0.2) is 0 Å². The molecule has 0 aromatic heterocycles. The number of rotatable bonds is 6. The number of carbonyl (C=O) groups excluding carboxylic acids is 3. The Labute approximate surface area is 234 Å². The van der Waals surface area contributed by atoms with Crippen LogP contribution in [0.3, 0.4) is 0 Å². The lowest BCUT2D eigenvalue weighted by Crippen LogP contribution is -2.70. The monoisotopic (exact) mass is 556 g/mol. The summed E-state index contributed by atoms with van der Waals surface area (Å²) in [6, 6.07) is 0.193. The SMILES string of the molecule is CC(=O)O[C@@H]1CC[C@@]23Oc4c(c(O)cc5c4CN(C(CCC(N)=O)C(=O)O)C5=O)C[C@]2(C)[C@@H](C)CC[C@H]3C1(C)C. The van der Waals surface area contributed by atoms with Crippen molar-refractivity contribution in [2.24, 2.45) is 28.4 Å². The third-order valence-corrected chi connectivity index (χ3v) is 10.8. The second kappa shape index (κ2) is 9.38. The number of aromatic hydroxyl groups is 1. The first-order chi connectivity index (χ1) is 18.6. The minimum atomic E-state index is -1.24. The van der Waals surface area contributed by atoms with Crippen LogP contribution in [0, 0.1) is 22.7 Å². The molecule has 1 unspecified atom stereocenters. The number of aliphatic carboxylic acids is 1. The highest BCUT2D eigenvalue weighted by molar-refractivity contribution is 6.02. The predicted octanol–water partition coefficient (Wildman–Crippen LogP) is 3.54. The largest absolute Gasteiger partial charge is 0.508 e. The second-order valence-electron chi connectivity index (χ2n) is 13.1. The summed E-state index contributed by atoms with van der Waals surface area (Å²) in [5, 5.41) is 21.1. The minimum Gasteiger partial charge on any atom is -0.508 e. The van der Waals surface area contributed by atoms with Crippen LogP contribution >= 0.6 is 0 Å². The van der Waals surface area contributed by atoms with E-state index in [-0.39, 0.29) is 65.4 Å². The van der Waals surface area contributed by atoms with Gasteiger partial charge in [-0.25, -0.2) is 4.79 Å². The third-order valence-electron chi connectivity index (χ3n) is 10.8. The van der Waals surface area contributed by atoms with Crippen LogP contribution in [0.1, 0.15) is 94.6 Å². The van der Waals surface area contributed by atoms with Gasteiger partial charge >= 0.3 is 11.9 Å². The number of amides is 2. The lowest BCUT2D eigenvalue weighted by Gasteiger charge is -2.67. The average Bonchev–Trinajstić information content (AvgIpc) is 3.16. The second-order valence-corrected chi connectivity index (χ2v) is 13.1. The Balaban J connectivity index is 1.59. The predicted molar refractivity (Wildman–Crippen MR) is 143 cm³/mol. The number of nitrogens with two attached hydrogens (primary N) is 1. The molecule has 4 N–H and O–H groups in total. The molecule has 0 saturated heterocycles. The Morgan fingerprint density at radius 1 is 1.20 bits per heavy atom. The lowest BCUT2D eigenvalue weighted by atomic mass is 9.43. The molecular weight excluding hydrogens is 516 g/mol. The normalized spacial score (nSPS) is 32.6. The maximum atomic E-state index is 13.5. The quantitative estimate of drug-likeness (QED) is 0.449. The van der Waals surface area contributed by atoms with E-state index < -0.39 is 29.4 Å². The van der Waals surface area contributed by atoms with E-state index in [0.29, 0.717) is 36.1 Å². The number of carboxylic acids is 1. The van der Waals surface area contributed by atoms with Crippen molar-refractivity contribution in [1.29, 1.82) is 0 Å². The van der Waals surface area contributed by atoms with Crippen LogP contribution in [0.25, 0.3) is 0 Å². The molecule has 5 rings (SSSR count). The number of hydrogen-bond acceptors (Lipinski definition) is 7. The van der Waals surface area contributed by atoms with E-state index in [2.05, 4.69) is 27.7 Å². The molecule has 1 aromatic carbocycles. The third kappa shape index (κ3) is 3.96. The van der Waals surface area contributed by atoms with Crippen LogP contribution < -0.4 is 10.5 Å². The van der Waals surface area contributed by atoms with Gasteiger partial charge in [0.2, 0.25) is 5.91 Å². The molecule has 40 heavy (non-hydrogen) atoms. The van der Waals surface area contributed by atoms with Gasteiger partial charge in [0.05, 0.1) is 12.1 Å². The number of carboxylic acid groups (broad SMARTS) is 1. The Bertz CT molecular complexity index is 1290. The number of primary amides is 1. The Morgan fingerprint density at radius 3 is 2.52 bits per heavy atom. The Kier molecular flexibility index (Phi) is 6.62. The van der Waals surface area contributed by atoms with Crippen molar-refractivity contribution in [1.82, 2.24) is 4.90 Å². The number of phenolic OH excluding ortho intramolecular Hbond substituents is 1. The number of fused-ring (bicyclic) bond motifs is 3. The molecule has 0 bridgehead atoms. The highest BCUT2D eigenvalue weighted by Gasteiger charge is 2.68. The van der Waals surface area contributed by atoms with Gasteiger partial charge in [-0.05, 0) is 50.5 Å². The summed E-state index contributed by atoms with van der Waals surface area (Å²) in [7, 11) is 0. The zero-order valence-corrected chi connectivity index (χ0v) is 23.9. The van der Waals surface area contributed by atoms with Gasteiger partial charge in [-0.1, -0.05) is 27.7 Å². The number of esters is 1. The molecule has 2 fully saturated rings. The molecule has 1 aromatic rings. The molecule has 2 amide bonds. The molecule has 2 heterocycles. The van der Waals surface area contributed by atoms with Crippen molar-refractivity contribution in [2.45, 2.75) is 104 Å². The molecule has 4 aliphatic rings. The molecule has 1 spiro atoms. The highest BCUT2D eigenvalue weighted by Crippen LogP contribution is 2.67. The van der Waals surface area contributed by atoms with Gasteiger partial charge in [0.1, 0.15) is 29.2 Å². The van der Waals surface area contributed by atoms with E-state index in [1.54, 1.807) is 0 Å². The first-order valence-corrected chi connectivity index (χ1v) is 14.2. The van der Waals surface area contributed by atoms with Gasteiger partial charge in [0.25, 0.3) is 5.91 Å². The fourth-order valence-corrected chi connectivity index (χ4v) is 8.39. The van der Waals surface area contributed by atoms with Crippen molar-refractivity contribution < 1.29 is 38.9 Å². The molecule has 2 aliphatic carbocycles. The number of hydrogen-bond donors (Lipinski definition) is 3. The summed E-state index contributed by atoms with van der Waals surface area (Å²) in [5.74, 6) is -1.94. The van der Waals surface area contributed by atoms with Crippen LogP contribution in [-0.4, -0.2) is 56.6 Å². The van der Waals surface area contributed by atoms with Crippen molar-refractivity contribution in [3.63, 3.8) is 0 Å². The molecule has 10 nitrogen and oxygen atoms in total. The summed E-state index contributed by atoms with van der Waals surface area (Å²) in [4.78, 5) is 50.2. The smallest absolute Gasteiger partial charge is 0.326 e. The van der Waals surface area contributed by atoms with E-state index in [0.717, 1.165) is 12.8 Å². The van der Waals surface area contributed by atoms with Crippen LogP contribution in [0.4, 0.5) is 0 Å². The van der Waals surface area contributed by atoms with Crippen molar-refractivity contribution in [3.05, 3.63) is 22.8 Å². The Morgan fingerprint density at radius 2 is 1.90 bits per heavy atom. The minimum absolute atomic E-state index is 0.00100. The van der Waals surface area contributed by atoms with E-state index >= 15 is 0 Å². The molecule has 2 saturated carbocycles. The van der Waals surface area contributed by atoms with Crippen LogP contribution in [0.2, 0.25) is 0 Å². The summed E-state index contributed by atoms with van der Waals surface area (Å²) in [6.45, 7) is 10.2. The van der Waals surface area contributed by atoms with Crippen molar-refractivity contribution >= 4 is 23.8 Å². The number of benzene rings is 1. The number of ether oxygens (including phenoxy) is 2. The highest BCUT2D eigenvalue weighted by atomic mass is 16.5. The zero-order chi connectivity index (χ0) is 29.4. The summed E-state index contributed by atoms with van der Waals surface area (Å²) < 4.78 is 12.9. The van der Waals surface area contributed by atoms with Gasteiger partial charge in [0, 0.05) is 41.2 Å². The summed E-state index contributed by atoms with van der Waals surface area (Å²) in [6.07, 6.45) is 3.15. The summed E-state index contributed by atoms with van der Waals surface area (Å²) >= 11 is 0. The maximum absolute atomic E-state index is 13.5. The molecule has 2 aliphatic heterocycles. The molecule has 6 atom stereocenters. The van der Waals surface area contributed by atoms with Gasteiger partial charge in [-0.3, -0.25) is 14.4 Å².